The maximum atomic E-state index is 14.0. The van der Waals surface area contributed by atoms with Crippen LogP contribution < -0.4 is 9.46 Å². The summed E-state index contributed by atoms with van der Waals surface area (Å²) in [6.45, 7) is 1.57. The van der Waals surface area contributed by atoms with E-state index >= 15 is 0 Å². The van der Waals surface area contributed by atoms with E-state index in [-0.39, 0.29) is 4.90 Å². The minimum Gasteiger partial charge on any atom is -0.480 e. The fourth-order valence-corrected chi connectivity index (χ4v) is 3.45. The van der Waals surface area contributed by atoms with E-state index in [0.717, 1.165) is 18.0 Å². The van der Waals surface area contributed by atoms with Gasteiger partial charge in [0.05, 0.1) is 23.9 Å². The van der Waals surface area contributed by atoms with Gasteiger partial charge in [-0.05, 0) is 55.1 Å². The highest BCUT2D eigenvalue weighted by molar-refractivity contribution is 8.00. The van der Waals surface area contributed by atoms with Gasteiger partial charge in [-0.2, -0.15) is 5.10 Å². The number of ether oxygens (including phenoxy) is 1. The molecule has 2 N–H and O–H groups in total. The Labute approximate surface area is 186 Å². The highest BCUT2D eigenvalue weighted by atomic mass is 32.2. The van der Waals surface area contributed by atoms with Gasteiger partial charge < -0.3 is 14.6 Å². The Bertz CT molecular complexity index is 1350. The second-order valence-corrected chi connectivity index (χ2v) is 7.49. The first-order chi connectivity index (χ1) is 15.4. The summed E-state index contributed by atoms with van der Waals surface area (Å²) in [5, 5.41) is 14.0. The number of aliphatic hydroxyl groups is 1. The number of benzene rings is 1. The molecule has 0 saturated heterocycles. The molecule has 1 aromatic carbocycles. The molecule has 0 fully saturated rings. The first kappa shape index (κ1) is 21.5. The second-order valence-electron chi connectivity index (χ2n) is 6.64. The number of hydrogen-bond acceptors (Lipinski definition) is 7. The number of fused-ring (bicyclic) bond motifs is 1. The molecule has 0 aliphatic rings. The van der Waals surface area contributed by atoms with E-state index in [0.29, 0.717) is 34.2 Å². The van der Waals surface area contributed by atoms with Crippen LogP contribution in [0.4, 0.5) is 14.5 Å². The predicted octanol–water partition coefficient (Wildman–Crippen LogP) is 3.93. The summed E-state index contributed by atoms with van der Waals surface area (Å²) in [6, 6.07) is 8.67. The van der Waals surface area contributed by atoms with E-state index in [9.17, 15) is 13.9 Å². The van der Waals surface area contributed by atoms with Crippen LogP contribution in [-0.4, -0.2) is 37.9 Å². The van der Waals surface area contributed by atoms with E-state index in [1.807, 2.05) is 0 Å². The number of anilines is 1. The van der Waals surface area contributed by atoms with Crippen molar-refractivity contribution >= 4 is 23.3 Å². The van der Waals surface area contributed by atoms with Crippen LogP contribution in [0.1, 0.15) is 12.6 Å². The van der Waals surface area contributed by atoms with Gasteiger partial charge >= 0.3 is 0 Å². The van der Waals surface area contributed by atoms with Gasteiger partial charge in [-0.25, -0.2) is 23.3 Å². The molecule has 0 bridgehead atoms. The number of rotatable bonds is 5. The number of imidazole rings is 1. The topological polar surface area (TPSA) is 84.6 Å². The molecule has 4 aromatic rings. The number of hydrogen-bond donors (Lipinski definition) is 2. The average Bonchev–Trinajstić information content (AvgIpc) is 3.19. The lowest BCUT2D eigenvalue weighted by Crippen LogP contribution is -2.00. The number of aliphatic hydroxyl groups excluding tert-OH is 1. The van der Waals surface area contributed by atoms with Crippen molar-refractivity contribution in [1.29, 1.82) is 0 Å². The van der Waals surface area contributed by atoms with Gasteiger partial charge in [0.25, 0.3) is 0 Å². The molecule has 162 valence electrons. The van der Waals surface area contributed by atoms with Crippen LogP contribution in [0.25, 0.3) is 16.9 Å². The third-order valence-electron chi connectivity index (χ3n) is 4.28. The molecule has 0 spiro atoms. The van der Waals surface area contributed by atoms with E-state index in [1.54, 1.807) is 42.0 Å². The molecule has 3 aromatic heterocycles. The van der Waals surface area contributed by atoms with Crippen molar-refractivity contribution in [3.05, 3.63) is 66.1 Å². The molecule has 3 heterocycles. The molecule has 10 heteroatoms. The monoisotopic (exact) mass is 453 g/mol. The van der Waals surface area contributed by atoms with Gasteiger partial charge in [-0.3, -0.25) is 0 Å². The number of nitrogens with one attached hydrogen (secondary N) is 1. The zero-order chi connectivity index (χ0) is 22.7. The van der Waals surface area contributed by atoms with Gasteiger partial charge in [-0.1, -0.05) is 5.92 Å². The number of halogens is 2. The fourth-order valence-electron chi connectivity index (χ4n) is 2.79. The number of methoxy groups -OCH3 is 1. The molecule has 7 nitrogen and oxygen atoms in total. The first-order valence-corrected chi connectivity index (χ1v) is 10.2. The minimum atomic E-state index is -0.772. The van der Waals surface area contributed by atoms with Gasteiger partial charge in [0.15, 0.2) is 5.65 Å². The molecular weight excluding hydrogens is 436 g/mol. The zero-order valence-electron chi connectivity index (χ0n) is 17.0. The Morgan fingerprint density at radius 1 is 1.16 bits per heavy atom. The van der Waals surface area contributed by atoms with Crippen LogP contribution in [0.15, 0.2) is 53.7 Å². The Kier molecular flexibility index (Phi) is 6.20. The lowest BCUT2D eigenvalue weighted by molar-refractivity contribution is 0.253. The molecular formula is C22H17F2N5O2S. The van der Waals surface area contributed by atoms with Crippen LogP contribution >= 0.6 is 11.9 Å². The van der Waals surface area contributed by atoms with Crippen LogP contribution in [0.5, 0.6) is 5.88 Å². The van der Waals surface area contributed by atoms with Crippen LogP contribution in [0.3, 0.4) is 0 Å². The van der Waals surface area contributed by atoms with Crippen molar-refractivity contribution < 1.29 is 18.6 Å². The molecule has 0 aliphatic carbocycles. The minimum absolute atomic E-state index is 0.221. The summed E-state index contributed by atoms with van der Waals surface area (Å²) in [4.78, 5) is 8.77. The van der Waals surface area contributed by atoms with E-state index in [2.05, 4.69) is 31.6 Å². The molecule has 0 radical (unpaired) electrons. The molecule has 1 unspecified atom stereocenters. The van der Waals surface area contributed by atoms with E-state index < -0.39 is 17.7 Å². The maximum absolute atomic E-state index is 14.0. The quantitative estimate of drug-likeness (QED) is 0.350. The maximum Gasteiger partial charge on any atom is 0.237 e. The SMILES string of the molecule is COc1ncc(-c2ccc3ncc(C#CC(C)O)n3n2)cc1NSc1ccc(F)cc1F. The zero-order valence-corrected chi connectivity index (χ0v) is 17.8. The van der Waals surface area contributed by atoms with Crippen molar-refractivity contribution in [2.75, 3.05) is 11.8 Å². The van der Waals surface area contributed by atoms with Crippen molar-refractivity contribution in [3.8, 4) is 29.0 Å². The normalized spacial score (nSPS) is 11.7. The average molecular weight is 453 g/mol. The number of nitrogens with zero attached hydrogens (tertiary/aromatic N) is 4. The molecule has 0 amide bonds. The Morgan fingerprint density at radius 3 is 2.75 bits per heavy atom. The Balaban J connectivity index is 1.66. The highest BCUT2D eigenvalue weighted by Gasteiger charge is 2.12. The van der Waals surface area contributed by atoms with Gasteiger partial charge in [-0.15, -0.1) is 0 Å². The fraction of sp³-hybridized carbons (Fsp3) is 0.136. The standard InChI is InChI=1S/C22H17F2N5O2S/c1-13(30)3-5-16-12-25-21-8-6-18(27-29(16)21)14-9-19(22(31-2)26-11-14)28-32-20-7-4-15(23)10-17(20)24/h4,6-13,28,30H,1-2H3. The molecule has 0 aliphatic heterocycles. The summed E-state index contributed by atoms with van der Waals surface area (Å²) in [5.74, 6) is 4.50. The first-order valence-electron chi connectivity index (χ1n) is 9.41. The molecule has 4 rings (SSSR count). The van der Waals surface area contributed by atoms with Crippen molar-refractivity contribution in [3.63, 3.8) is 0 Å². The van der Waals surface area contributed by atoms with Gasteiger partial charge in [0, 0.05) is 17.8 Å². The van der Waals surface area contributed by atoms with Crippen molar-refractivity contribution in [2.45, 2.75) is 17.9 Å². The number of pyridine rings is 1. The predicted molar refractivity (Wildman–Crippen MR) is 117 cm³/mol. The van der Waals surface area contributed by atoms with E-state index in [1.165, 1.54) is 19.2 Å². The van der Waals surface area contributed by atoms with Crippen LogP contribution in [-0.2, 0) is 0 Å². The summed E-state index contributed by atoms with van der Waals surface area (Å²) < 4.78 is 37.0. The molecule has 32 heavy (non-hydrogen) atoms. The van der Waals surface area contributed by atoms with E-state index in [4.69, 9.17) is 4.74 Å². The lowest BCUT2D eigenvalue weighted by atomic mass is 10.2. The van der Waals surface area contributed by atoms with Gasteiger partial charge in [0.1, 0.15) is 29.1 Å². The third-order valence-corrected chi connectivity index (χ3v) is 5.15. The summed E-state index contributed by atoms with van der Waals surface area (Å²) in [6.07, 6.45) is 2.40. The largest absolute Gasteiger partial charge is 0.480 e. The molecule has 1 atom stereocenters. The van der Waals surface area contributed by atoms with Crippen LogP contribution in [0, 0.1) is 23.5 Å². The summed E-state index contributed by atoms with van der Waals surface area (Å²) in [5.41, 5.74) is 2.88. The lowest BCUT2D eigenvalue weighted by Gasteiger charge is -2.11. The van der Waals surface area contributed by atoms with Crippen molar-refractivity contribution in [1.82, 2.24) is 19.6 Å². The van der Waals surface area contributed by atoms with Crippen LogP contribution in [0.2, 0.25) is 0 Å². The summed E-state index contributed by atoms with van der Waals surface area (Å²) in [7, 11) is 1.47. The summed E-state index contributed by atoms with van der Waals surface area (Å²) >= 11 is 0.969. The molecule has 0 saturated carbocycles. The Hall–Kier alpha value is -3.68. The Morgan fingerprint density at radius 2 is 2.00 bits per heavy atom. The highest BCUT2D eigenvalue weighted by Crippen LogP contribution is 2.32. The number of aromatic nitrogens is 4. The third kappa shape index (κ3) is 4.64. The second kappa shape index (κ2) is 9.21. The van der Waals surface area contributed by atoms with Gasteiger partial charge in [0.2, 0.25) is 5.88 Å². The smallest absolute Gasteiger partial charge is 0.237 e. The van der Waals surface area contributed by atoms with Crippen molar-refractivity contribution in [2.24, 2.45) is 0 Å².